The Balaban J connectivity index is 0.00000141. The maximum Gasteiger partial charge on any atom is 0.123 e. The Morgan fingerprint density at radius 3 is 1.71 bits per heavy atom. The minimum atomic E-state index is -0.222. The molecule has 0 saturated carbocycles. The predicted molar refractivity (Wildman–Crippen MR) is 140 cm³/mol. The number of fused-ring (bicyclic) bond motifs is 1. The van der Waals surface area contributed by atoms with Crippen LogP contribution in [0.15, 0.2) is 72.8 Å². The second kappa shape index (κ2) is 12.4. The smallest absolute Gasteiger partial charge is 0.123 e. The number of hydrogen-bond donors (Lipinski definition) is 0. The Kier molecular flexibility index (Phi) is 9.06. The molecule has 2 nitrogen and oxygen atoms in total. The lowest BCUT2D eigenvalue weighted by molar-refractivity contribution is 0.106. The molecule has 0 atom stereocenters. The second-order valence-corrected chi connectivity index (χ2v) is 9.54. The maximum absolute atomic E-state index is 13.5. The highest BCUT2D eigenvalue weighted by Gasteiger charge is 2.28. The first-order valence-electron chi connectivity index (χ1n) is 13.2. The molecule has 0 bridgehead atoms. The zero-order valence-corrected chi connectivity index (χ0v) is 21.1. The fourth-order valence-corrected chi connectivity index (χ4v) is 5.56. The average Bonchev–Trinajstić information content (AvgIpc) is 3.34. The van der Waals surface area contributed by atoms with Gasteiger partial charge in [-0.05, 0) is 91.8 Å². The quantitative estimate of drug-likeness (QED) is 0.351. The van der Waals surface area contributed by atoms with Gasteiger partial charge < -0.3 is 4.90 Å². The van der Waals surface area contributed by atoms with E-state index in [9.17, 15) is 8.78 Å². The Labute approximate surface area is 209 Å². The lowest BCUT2D eigenvalue weighted by Gasteiger charge is -2.36. The molecule has 0 aliphatic carbocycles. The second-order valence-electron chi connectivity index (χ2n) is 9.54. The topological polar surface area (TPSA) is 6.48 Å². The Bertz CT molecular complexity index is 970. The molecule has 3 aromatic rings. The van der Waals surface area contributed by atoms with Crippen molar-refractivity contribution in [2.24, 2.45) is 0 Å². The van der Waals surface area contributed by atoms with Crippen molar-refractivity contribution >= 4 is 0 Å². The summed E-state index contributed by atoms with van der Waals surface area (Å²) in [5.74, 6) is -0.284. The normalized spacial score (nSPS) is 16.7. The summed E-state index contributed by atoms with van der Waals surface area (Å²) in [6.45, 7) is 9.56. The first kappa shape index (κ1) is 25.5. The van der Waals surface area contributed by atoms with Gasteiger partial charge in [-0.15, -0.1) is 0 Å². The van der Waals surface area contributed by atoms with Crippen LogP contribution < -0.4 is 0 Å². The van der Waals surface area contributed by atoms with Crippen LogP contribution in [0.2, 0.25) is 0 Å². The highest BCUT2D eigenvalue weighted by atomic mass is 19.1. The van der Waals surface area contributed by atoms with Crippen LogP contribution in [0, 0.1) is 11.6 Å². The summed E-state index contributed by atoms with van der Waals surface area (Å²) in [4.78, 5) is 5.24. The molecule has 186 valence electrons. The number of halogens is 2. The van der Waals surface area contributed by atoms with Gasteiger partial charge in [0.25, 0.3) is 0 Å². The number of nitrogens with zero attached hydrogens (tertiary/aromatic N) is 2. The number of rotatable bonds is 7. The molecule has 3 aromatic carbocycles. The molecule has 0 aromatic heterocycles. The number of benzene rings is 3. The van der Waals surface area contributed by atoms with Crippen molar-refractivity contribution in [3.8, 4) is 0 Å². The Morgan fingerprint density at radius 1 is 0.743 bits per heavy atom. The molecular formula is C31H38F2N2. The van der Waals surface area contributed by atoms with Crippen LogP contribution in [0.25, 0.3) is 0 Å². The van der Waals surface area contributed by atoms with Crippen LogP contribution in [0.3, 0.4) is 0 Å². The monoisotopic (exact) mass is 476 g/mol. The number of piperidine rings is 1. The number of hydrogen-bond acceptors (Lipinski definition) is 2. The van der Waals surface area contributed by atoms with Crippen LogP contribution in [0.5, 0.6) is 0 Å². The summed E-state index contributed by atoms with van der Waals surface area (Å²) >= 11 is 0. The lowest BCUT2D eigenvalue weighted by atomic mass is 9.87. The third kappa shape index (κ3) is 6.56. The molecule has 1 fully saturated rings. The first-order chi connectivity index (χ1) is 17.2. The predicted octanol–water partition coefficient (Wildman–Crippen LogP) is 7.38. The summed E-state index contributed by atoms with van der Waals surface area (Å²) in [5.41, 5.74) is 5.17. The van der Waals surface area contributed by atoms with Gasteiger partial charge in [-0.3, -0.25) is 4.90 Å². The highest BCUT2D eigenvalue weighted by Crippen LogP contribution is 2.31. The SMILES string of the molecule is CC.Fc1ccc(C(CCCN2CCC(N3Cc4ccccc4C3)CC2)c2ccc(F)cc2)cc1. The molecule has 0 spiro atoms. The molecule has 5 rings (SSSR count). The lowest BCUT2D eigenvalue weighted by Crippen LogP contribution is -2.43. The van der Waals surface area contributed by atoms with Crippen molar-refractivity contribution in [2.75, 3.05) is 19.6 Å². The molecule has 35 heavy (non-hydrogen) atoms. The van der Waals surface area contributed by atoms with Crippen LogP contribution in [-0.4, -0.2) is 35.5 Å². The van der Waals surface area contributed by atoms with Gasteiger partial charge in [0, 0.05) is 25.0 Å². The molecule has 2 heterocycles. The van der Waals surface area contributed by atoms with Crippen molar-refractivity contribution in [1.82, 2.24) is 9.80 Å². The summed E-state index contributed by atoms with van der Waals surface area (Å²) in [7, 11) is 0. The van der Waals surface area contributed by atoms with E-state index >= 15 is 0 Å². The molecule has 0 amide bonds. The fraction of sp³-hybridized carbons (Fsp3) is 0.419. The van der Waals surface area contributed by atoms with E-state index in [1.54, 1.807) is 0 Å². The van der Waals surface area contributed by atoms with Crippen molar-refractivity contribution in [1.29, 1.82) is 0 Å². The number of likely N-dealkylation sites (tertiary alicyclic amines) is 1. The van der Waals surface area contributed by atoms with Crippen LogP contribution in [0.4, 0.5) is 8.78 Å². The molecular weight excluding hydrogens is 438 g/mol. The van der Waals surface area contributed by atoms with Gasteiger partial charge in [0.2, 0.25) is 0 Å². The van der Waals surface area contributed by atoms with E-state index < -0.39 is 0 Å². The Morgan fingerprint density at radius 2 is 1.23 bits per heavy atom. The average molecular weight is 477 g/mol. The van der Waals surface area contributed by atoms with E-state index in [4.69, 9.17) is 0 Å². The summed E-state index contributed by atoms with van der Waals surface area (Å²) < 4.78 is 26.9. The van der Waals surface area contributed by atoms with Gasteiger partial charge in [0.15, 0.2) is 0 Å². The summed E-state index contributed by atoms with van der Waals surface area (Å²) in [5, 5.41) is 0. The van der Waals surface area contributed by atoms with E-state index in [1.807, 2.05) is 38.1 Å². The van der Waals surface area contributed by atoms with E-state index in [0.29, 0.717) is 6.04 Å². The highest BCUT2D eigenvalue weighted by molar-refractivity contribution is 5.33. The first-order valence-corrected chi connectivity index (χ1v) is 13.2. The van der Waals surface area contributed by atoms with Crippen molar-refractivity contribution < 1.29 is 8.78 Å². The molecule has 1 saturated heterocycles. The third-order valence-corrected chi connectivity index (χ3v) is 7.45. The zero-order valence-electron chi connectivity index (χ0n) is 21.1. The van der Waals surface area contributed by atoms with Gasteiger partial charge in [0.1, 0.15) is 11.6 Å². The molecule has 0 N–H and O–H groups in total. The van der Waals surface area contributed by atoms with Crippen molar-refractivity contribution in [3.05, 3.63) is 107 Å². The fourth-order valence-electron chi connectivity index (χ4n) is 5.56. The molecule has 0 unspecified atom stereocenters. The largest absolute Gasteiger partial charge is 0.303 e. The van der Waals surface area contributed by atoms with Crippen LogP contribution in [-0.2, 0) is 13.1 Å². The molecule has 2 aliphatic rings. The molecule has 0 radical (unpaired) electrons. The van der Waals surface area contributed by atoms with Gasteiger partial charge in [0.05, 0.1) is 0 Å². The van der Waals surface area contributed by atoms with E-state index in [0.717, 1.165) is 56.7 Å². The van der Waals surface area contributed by atoms with Crippen molar-refractivity contribution in [3.63, 3.8) is 0 Å². The minimum Gasteiger partial charge on any atom is -0.303 e. The van der Waals surface area contributed by atoms with Gasteiger partial charge >= 0.3 is 0 Å². The third-order valence-electron chi connectivity index (χ3n) is 7.45. The van der Waals surface area contributed by atoms with E-state index in [-0.39, 0.29) is 17.6 Å². The van der Waals surface area contributed by atoms with Gasteiger partial charge in [-0.1, -0.05) is 62.4 Å². The van der Waals surface area contributed by atoms with E-state index in [1.165, 1.54) is 48.2 Å². The van der Waals surface area contributed by atoms with Crippen LogP contribution in [0.1, 0.15) is 67.7 Å². The van der Waals surface area contributed by atoms with Crippen LogP contribution >= 0.6 is 0 Å². The summed E-state index contributed by atoms with van der Waals surface area (Å²) in [6, 6.07) is 23.1. The van der Waals surface area contributed by atoms with Crippen molar-refractivity contribution in [2.45, 2.75) is 64.6 Å². The molecule has 2 aliphatic heterocycles. The zero-order chi connectivity index (χ0) is 24.6. The van der Waals surface area contributed by atoms with Gasteiger partial charge in [-0.2, -0.15) is 0 Å². The standard InChI is InChI=1S/C29H32F2N2.C2H6/c30-26-11-7-22(8-12-26)29(23-9-13-27(31)14-10-23)6-3-17-32-18-15-28(16-19-32)33-20-24-4-1-2-5-25(24)21-33;1-2/h1-2,4-5,7-14,28-29H,3,6,15-21H2;1-2H3. The summed E-state index contributed by atoms with van der Waals surface area (Å²) in [6.07, 6.45) is 4.50. The van der Waals surface area contributed by atoms with Gasteiger partial charge in [-0.25, -0.2) is 8.78 Å². The molecule has 4 heteroatoms. The van der Waals surface area contributed by atoms with E-state index in [2.05, 4.69) is 34.1 Å². The Hall–Kier alpha value is -2.56. The minimum absolute atomic E-state index is 0.159. The maximum atomic E-state index is 13.5.